The van der Waals surface area contributed by atoms with E-state index in [2.05, 4.69) is 20.0 Å². The molecule has 13 heteroatoms. The first-order valence-electron chi connectivity index (χ1n) is 14.4. The van der Waals surface area contributed by atoms with E-state index < -0.39 is 23.9 Å². The maximum atomic E-state index is 13.3. The average Bonchev–Trinajstić information content (AvgIpc) is 3.84. The molecule has 0 saturated heterocycles. The fraction of sp³-hybridized carbons (Fsp3) is 0.273. The van der Waals surface area contributed by atoms with E-state index in [9.17, 15) is 19.2 Å². The van der Waals surface area contributed by atoms with Gasteiger partial charge in [0.15, 0.2) is 0 Å². The summed E-state index contributed by atoms with van der Waals surface area (Å²) in [5, 5.41) is 0.552. The first-order valence-corrected chi connectivity index (χ1v) is 14.4. The maximum absolute atomic E-state index is 13.3. The third-order valence-electron chi connectivity index (χ3n) is 6.42. The Morgan fingerprint density at radius 3 is 1.70 bits per heavy atom. The number of carbonyl (C=O) groups is 4. The van der Waals surface area contributed by atoms with Gasteiger partial charge in [0, 0.05) is 11.8 Å². The molecule has 0 radical (unpaired) electrons. The van der Waals surface area contributed by atoms with E-state index in [0.717, 1.165) is 0 Å². The van der Waals surface area contributed by atoms with Gasteiger partial charge in [-0.1, -0.05) is 24.3 Å². The van der Waals surface area contributed by atoms with Gasteiger partial charge in [-0.05, 0) is 58.9 Å². The number of hydrogen-bond donors (Lipinski definition) is 0. The Balaban J connectivity index is 0.00000576. The second kappa shape index (κ2) is 16.4. The molecule has 0 unspecified atom stereocenters. The van der Waals surface area contributed by atoms with Crippen molar-refractivity contribution in [2.75, 3.05) is 26.4 Å². The summed E-state index contributed by atoms with van der Waals surface area (Å²) in [6.45, 7) is 8.83. The van der Waals surface area contributed by atoms with Crippen LogP contribution in [0.25, 0.3) is 22.3 Å². The molecule has 2 aromatic rings. The summed E-state index contributed by atoms with van der Waals surface area (Å²) in [5.41, 5.74) is 1.60. The van der Waals surface area contributed by atoms with Gasteiger partial charge >= 0.3 is 43.4 Å². The van der Waals surface area contributed by atoms with Crippen molar-refractivity contribution in [3.8, 4) is 0 Å². The molecule has 0 atom stereocenters. The van der Waals surface area contributed by atoms with Crippen LogP contribution in [0.4, 0.5) is 0 Å². The molecule has 0 amide bonds. The Kier molecular flexibility index (Phi) is 12.7. The van der Waals surface area contributed by atoms with Crippen LogP contribution in [0.3, 0.4) is 0 Å². The summed E-state index contributed by atoms with van der Waals surface area (Å²) in [7, 11) is 0. The molecule has 0 bridgehead atoms. The first-order chi connectivity index (χ1) is 21.7. The molecule has 12 nitrogen and oxygen atoms in total. The van der Waals surface area contributed by atoms with E-state index in [1.165, 1.54) is 0 Å². The van der Waals surface area contributed by atoms with Crippen LogP contribution in [0.1, 0.15) is 46.0 Å². The van der Waals surface area contributed by atoms with Crippen molar-refractivity contribution in [3.05, 3.63) is 82.0 Å². The van der Waals surface area contributed by atoms with Crippen LogP contribution < -0.4 is 20.7 Å². The molecular weight excluding hydrogens is 646 g/mol. The largest absolute Gasteiger partial charge is 2.00 e. The third-order valence-corrected chi connectivity index (χ3v) is 6.42. The Bertz CT molecular complexity index is 1820. The predicted octanol–water partition coefficient (Wildman–Crippen LogP) is 1.95. The van der Waals surface area contributed by atoms with E-state index in [1.807, 2.05) is 0 Å². The summed E-state index contributed by atoms with van der Waals surface area (Å²) < 4.78 is 20.9. The number of rotatable bonds is 11. The molecule has 0 spiro atoms. The number of carbonyl (C=O) groups excluding carboxylic acids is 4. The van der Waals surface area contributed by atoms with E-state index in [1.54, 1.807) is 89.4 Å². The Morgan fingerprint density at radius 2 is 1.15 bits per heavy atom. The first kappa shape index (κ1) is 35.6. The quantitative estimate of drug-likeness (QED) is 0.149. The van der Waals surface area contributed by atoms with Crippen LogP contribution in [-0.2, 0) is 57.6 Å². The van der Waals surface area contributed by atoms with Gasteiger partial charge in [0.1, 0.15) is 0 Å². The molecule has 2 aliphatic rings. The molecule has 2 aromatic heterocycles. The summed E-state index contributed by atoms with van der Waals surface area (Å²) >= 11 is 0. The second-order valence-corrected chi connectivity index (χ2v) is 9.30. The smallest absolute Gasteiger partial charge is 0.657 e. The maximum Gasteiger partial charge on any atom is 2.00 e. The van der Waals surface area contributed by atoms with Crippen molar-refractivity contribution in [3.63, 3.8) is 0 Å². The van der Waals surface area contributed by atoms with Gasteiger partial charge in [0.2, 0.25) is 0 Å². The fourth-order valence-electron chi connectivity index (χ4n) is 4.41. The molecule has 4 heterocycles. The monoisotopic (exact) mass is 676 g/mol. The number of hydrogen-bond acceptors (Lipinski definition) is 10. The normalized spacial score (nSPS) is 16.7. The Hall–Kier alpha value is -4.90. The number of esters is 4. The molecule has 46 heavy (non-hydrogen) atoms. The summed E-state index contributed by atoms with van der Waals surface area (Å²) in [6.07, 6.45) is 7.98. The number of allylic oxidation sites excluding steroid dienone is 4. The van der Waals surface area contributed by atoms with Crippen LogP contribution in [0.15, 0.2) is 69.9 Å². The van der Waals surface area contributed by atoms with E-state index >= 15 is 0 Å². The zero-order valence-electron chi connectivity index (χ0n) is 26.3. The standard InChI is InChI=1S/C33H33N4O8.Zn/c1-6-42-30(38)19(5)20-12-13-23(35-20)28(32(40)44-8-3)24-16-17-26(37-24)29(33(41)45-9-4)25-15-14-22(36-25)27(31(39)43-7-2)21-11-10-18-34-21;/h10-18H,6-9H2,1-5H3,(H-,34,35,36,37,38,39,40,41);/q-1;+2/p-1. The SMILES string of the molecule is CCOC(=O)/C(=C1\C=CC=N1)c1ccc(/C(C(=O)OCC)=C2/C=CC(C(/C(=O)OCC)=c3/cc/c(=C(/C)C(=O)OCC)[n-]3)=N2)[n-]1.[Zn+2]. The van der Waals surface area contributed by atoms with Crippen molar-refractivity contribution >= 4 is 58.1 Å². The van der Waals surface area contributed by atoms with Gasteiger partial charge in [-0.3, -0.25) is 4.99 Å². The van der Waals surface area contributed by atoms with Gasteiger partial charge in [0.05, 0.1) is 60.3 Å². The van der Waals surface area contributed by atoms with Crippen molar-refractivity contribution in [1.29, 1.82) is 0 Å². The zero-order valence-corrected chi connectivity index (χ0v) is 29.3. The van der Waals surface area contributed by atoms with Crippen LogP contribution >= 0.6 is 0 Å². The van der Waals surface area contributed by atoms with Crippen molar-refractivity contribution < 1.29 is 57.6 Å². The number of aromatic nitrogens is 2. The molecule has 0 aliphatic carbocycles. The Labute approximate surface area is 278 Å². The number of ether oxygens (including phenoxy) is 4. The van der Waals surface area contributed by atoms with Gasteiger partial charge in [-0.2, -0.15) is 0 Å². The molecule has 0 aromatic carbocycles. The van der Waals surface area contributed by atoms with E-state index in [0.29, 0.717) is 11.0 Å². The minimum atomic E-state index is -0.706. The average molecular weight is 678 g/mol. The van der Waals surface area contributed by atoms with Gasteiger partial charge in [0.25, 0.3) is 0 Å². The molecule has 4 rings (SSSR count). The number of aliphatic imine (C=N–C) groups is 2. The van der Waals surface area contributed by atoms with Gasteiger partial charge in [-0.25, -0.2) is 24.2 Å². The van der Waals surface area contributed by atoms with Crippen LogP contribution in [0.2, 0.25) is 0 Å². The van der Waals surface area contributed by atoms with E-state index in [-0.39, 0.29) is 96.3 Å². The predicted molar refractivity (Wildman–Crippen MR) is 166 cm³/mol. The molecular formula is C33H32N4O8Zn. The topological polar surface area (TPSA) is 158 Å². The van der Waals surface area contributed by atoms with Gasteiger partial charge in [-0.15, -0.1) is 22.1 Å². The van der Waals surface area contributed by atoms with Crippen LogP contribution in [0.5, 0.6) is 0 Å². The molecule has 0 saturated carbocycles. The van der Waals surface area contributed by atoms with Crippen molar-refractivity contribution in [2.24, 2.45) is 9.98 Å². The molecule has 0 fully saturated rings. The molecule has 0 N–H and O–H groups in total. The Morgan fingerprint density at radius 1 is 0.630 bits per heavy atom. The fourth-order valence-corrected chi connectivity index (χ4v) is 4.41. The summed E-state index contributed by atoms with van der Waals surface area (Å²) in [5.74, 6) is -2.54. The molecule has 234 valence electrons. The van der Waals surface area contributed by atoms with Crippen molar-refractivity contribution in [1.82, 2.24) is 9.97 Å². The number of nitrogens with zero attached hydrogens (tertiary/aromatic N) is 4. The van der Waals surface area contributed by atoms with Crippen LogP contribution in [-0.4, -0.2) is 62.2 Å². The van der Waals surface area contributed by atoms with Gasteiger partial charge < -0.3 is 28.9 Å². The zero-order chi connectivity index (χ0) is 32.5. The van der Waals surface area contributed by atoms with Crippen molar-refractivity contribution in [2.45, 2.75) is 34.6 Å². The third kappa shape index (κ3) is 7.84. The van der Waals surface area contributed by atoms with Crippen LogP contribution in [0, 0.1) is 0 Å². The summed E-state index contributed by atoms with van der Waals surface area (Å²) in [4.78, 5) is 69.4. The van der Waals surface area contributed by atoms with E-state index in [4.69, 9.17) is 18.9 Å². The second-order valence-electron chi connectivity index (χ2n) is 9.30. The molecule has 2 aliphatic heterocycles. The minimum absolute atomic E-state index is 0. The summed E-state index contributed by atoms with van der Waals surface area (Å²) in [6, 6.07) is 6.31. The minimum Gasteiger partial charge on any atom is -0.657 e.